The highest BCUT2D eigenvalue weighted by Gasteiger charge is 2.05. The van der Waals surface area contributed by atoms with Crippen LogP contribution in [-0.2, 0) is 6.54 Å². The molecule has 6 nitrogen and oxygen atoms in total. The lowest BCUT2D eigenvalue weighted by Crippen LogP contribution is -1.95. The Labute approximate surface area is 78.4 Å². The molecule has 7 heteroatoms. The summed E-state index contributed by atoms with van der Waals surface area (Å²) in [6.07, 6.45) is 1.75. The van der Waals surface area contributed by atoms with Gasteiger partial charge in [-0.25, -0.2) is 0 Å². The summed E-state index contributed by atoms with van der Waals surface area (Å²) < 4.78 is 1.58. The van der Waals surface area contributed by atoms with Gasteiger partial charge in [0.25, 0.3) is 0 Å². The summed E-state index contributed by atoms with van der Waals surface area (Å²) >= 11 is 1.46. The molecule has 0 bridgehead atoms. The average Bonchev–Trinajstić information content (AvgIpc) is 2.71. The molecule has 0 aliphatic rings. The van der Waals surface area contributed by atoms with Gasteiger partial charge in [-0.15, -0.1) is 15.3 Å². The molecule has 0 spiro atoms. The van der Waals surface area contributed by atoms with Crippen molar-refractivity contribution in [2.75, 3.05) is 0 Å². The first-order valence-electron chi connectivity index (χ1n) is 3.71. The second-order valence-corrected chi connectivity index (χ2v) is 3.62. The quantitative estimate of drug-likeness (QED) is 0.724. The predicted molar refractivity (Wildman–Crippen MR) is 47.5 cm³/mol. The van der Waals surface area contributed by atoms with Gasteiger partial charge in [-0.05, 0) is 6.92 Å². The van der Waals surface area contributed by atoms with Crippen molar-refractivity contribution >= 4 is 11.3 Å². The number of hydrogen-bond acceptors (Lipinski definition) is 6. The number of nitrogens with two attached hydrogens (primary N) is 1. The van der Waals surface area contributed by atoms with E-state index in [9.17, 15) is 0 Å². The molecule has 2 heterocycles. The fraction of sp³-hybridized carbons (Fsp3) is 0.333. The third kappa shape index (κ3) is 1.56. The van der Waals surface area contributed by atoms with E-state index in [1.165, 1.54) is 11.3 Å². The summed E-state index contributed by atoms with van der Waals surface area (Å²) in [5.41, 5.74) is 6.14. The van der Waals surface area contributed by atoms with Crippen molar-refractivity contribution in [3.05, 3.63) is 16.9 Å². The molecule has 2 aromatic heterocycles. The molecule has 2 aromatic rings. The normalized spacial score (nSPS) is 10.6. The van der Waals surface area contributed by atoms with Crippen LogP contribution in [0.5, 0.6) is 0 Å². The van der Waals surface area contributed by atoms with Gasteiger partial charge in [-0.1, -0.05) is 16.6 Å². The smallest absolute Gasteiger partial charge is 0.234 e. The Morgan fingerprint density at radius 2 is 2.31 bits per heavy atom. The summed E-state index contributed by atoms with van der Waals surface area (Å²) in [6.45, 7) is 2.28. The Hall–Kier alpha value is -1.34. The first-order valence-corrected chi connectivity index (χ1v) is 4.53. The van der Waals surface area contributed by atoms with Crippen LogP contribution in [0, 0.1) is 6.92 Å². The Balaban J connectivity index is 2.35. The van der Waals surface area contributed by atoms with E-state index in [2.05, 4.69) is 20.5 Å². The minimum atomic E-state index is 0.387. The summed E-state index contributed by atoms with van der Waals surface area (Å²) in [7, 11) is 0. The van der Waals surface area contributed by atoms with E-state index in [1.807, 2.05) is 6.92 Å². The zero-order valence-corrected chi connectivity index (χ0v) is 7.82. The SMILES string of the molecule is Cc1nnc(-n2cc(CN)nn2)s1. The van der Waals surface area contributed by atoms with Crippen LogP contribution in [0.3, 0.4) is 0 Å². The predicted octanol–water partition coefficient (Wildman–Crippen LogP) is -0.114. The molecule has 0 fully saturated rings. The van der Waals surface area contributed by atoms with Crippen LogP contribution in [-0.4, -0.2) is 25.2 Å². The number of hydrogen-bond donors (Lipinski definition) is 1. The second-order valence-electron chi connectivity index (χ2n) is 2.46. The van der Waals surface area contributed by atoms with E-state index in [4.69, 9.17) is 5.73 Å². The van der Waals surface area contributed by atoms with Crippen LogP contribution in [0.15, 0.2) is 6.20 Å². The van der Waals surface area contributed by atoms with Gasteiger partial charge in [-0.2, -0.15) is 4.68 Å². The molecule has 0 saturated carbocycles. The van der Waals surface area contributed by atoms with Crippen LogP contribution in [0.25, 0.3) is 5.13 Å². The minimum absolute atomic E-state index is 0.387. The first-order chi connectivity index (χ1) is 6.29. The van der Waals surface area contributed by atoms with Crippen LogP contribution in [0.4, 0.5) is 0 Å². The van der Waals surface area contributed by atoms with E-state index >= 15 is 0 Å². The fourth-order valence-corrected chi connectivity index (χ4v) is 1.47. The maximum atomic E-state index is 5.40. The van der Waals surface area contributed by atoms with Crippen molar-refractivity contribution < 1.29 is 0 Å². The molecule has 0 aliphatic carbocycles. The minimum Gasteiger partial charge on any atom is -0.325 e. The Bertz CT molecular complexity index is 405. The summed E-state index contributed by atoms with van der Waals surface area (Å²) in [6, 6.07) is 0. The molecule has 0 aliphatic heterocycles. The van der Waals surface area contributed by atoms with Gasteiger partial charge in [0.2, 0.25) is 5.13 Å². The molecule has 13 heavy (non-hydrogen) atoms. The van der Waals surface area contributed by atoms with Crippen molar-refractivity contribution in [1.82, 2.24) is 25.2 Å². The lowest BCUT2D eigenvalue weighted by atomic mass is 10.5. The van der Waals surface area contributed by atoms with E-state index in [0.29, 0.717) is 11.7 Å². The third-order valence-corrected chi connectivity index (χ3v) is 2.29. The molecular weight excluding hydrogens is 188 g/mol. The van der Waals surface area contributed by atoms with E-state index < -0.39 is 0 Å². The summed E-state index contributed by atoms with van der Waals surface area (Å²) in [5, 5.41) is 17.1. The molecule has 0 saturated heterocycles. The standard InChI is InChI=1S/C6H8N6S/c1-4-8-10-6(13-4)12-3-5(2-7)9-11-12/h3H,2,7H2,1H3. The Kier molecular flexibility index (Phi) is 2.03. The fourth-order valence-electron chi connectivity index (χ4n) is 0.864. The van der Waals surface area contributed by atoms with Crippen LogP contribution < -0.4 is 5.73 Å². The molecular formula is C6H8N6S. The molecule has 2 rings (SSSR count). The van der Waals surface area contributed by atoms with Crippen molar-refractivity contribution in [2.45, 2.75) is 13.5 Å². The van der Waals surface area contributed by atoms with Gasteiger partial charge in [0.05, 0.1) is 11.9 Å². The third-order valence-electron chi connectivity index (χ3n) is 1.46. The highest BCUT2D eigenvalue weighted by atomic mass is 32.1. The molecule has 0 atom stereocenters. The molecule has 0 radical (unpaired) electrons. The Morgan fingerprint density at radius 1 is 1.46 bits per heavy atom. The maximum absolute atomic E-state index is 5.40. The van der Waals surface area contributed by atoms with Crippen molar-refractivity contribution in [1.29, 1.82) is 0 Å². The lowest BCUT2D eigenvalue weighted by Gasteiger charge is -1.87. The number of aryl methyl sites for hydroxylation is 1. The zero-order chi connectivity index (χ0) is 9.26. The van der Waals surface area contributed by atoms with Gasteiger partial charge in [-0.3, -0.25) is 0 Å². The van der Waals surface area contributed by atoms with Crippen LogP contribution >= 0.6 is 11.3 Å². The molecule has 2 N–H and O–H groups in total. The number of nitrogens with zero attached hydrogens (tertiary/aromatic N) is 5. The monoisotopic (exact) mass is 196 g/mol. The number of aromatic nitrogens is 5. The molecule has 0 aromatic carbocycles. The van der Waals surface area contributed by atoms with Gasteiger partial charge in [0.1, 0.15) is 5.01 Å². The average molecular weight is 196 g/mol. The zero-order valence-electron chi connectivity index (χ0n) is 7.01. The van der Waals surface area contributed by atoms with Crippen molar-refractivity contribution in [2.24, 2.45) is 5.73 Å². The Morgan fingerprint density at radius 3 is 2.85 bits per heavy atom. The van der Waals surface area contributed by atoms with Crippen LogP contribution in [0.2, 0.25) is 0 Å². The largest absolute Gasteiger partial charge is 0.325 e. The van der Waals surface area contributed by atoms with Gasteiger partial charge < -0.3 is 5.73 Å². The molecule has 0 unspecified atom stereocenters. The summed E-state index contributed by atoms with van der Waals surface area (Å²) in [5.74, 6) is 0. The highest BCUT2D eigenvalue weighted by molar-refractivity contribution is 7.13. The van der Waals surface area contributed by atoms with Gasteiger partial charge in [0, 0.05) is 6.54 Å². The second kappa shape index (κ2) is 3.19. The molecule has 0 amide bonds. The lowest BCUT2D eigenvalue weighted by molar-refractivity contribution is 0.779. The van der Waals surface area contributed by atoms with E-state index in [0.717, 1.165) is 10.7 Å². The first kappa shape index (κ1) is 8.27. The van der Waals surface area contributed by atoms with Gasteiger partial charge in [0.15, 0.2) is 0 Å². The topological polar surface area (TPSA) is 82.5 Å². The maximum Gasteiger partial charge on any atom is 0.234 e. The highest BCUT2D eigenvalue weighted by Crippen LogP contribution is 2.11. The number of rotatable bonds is 2. The van der Waals surface area contributed by atoms with Gasteiger partial charge >= 0.3 is 0 Å². The van der Waals surface area contributed by atoms with Crippen molar-refractivity contribution in [3.63, 3.8) is 0 Å². The molecule has 68 valence electrons. The van der Waals surface area contributed by atoms with Crippen LogP contribution in [0.1, 0.15) is 10.7 Å². The van der Waals surface area contributed by atoms with E-state index in [1.54, 1.807) is 10.9 Å². The van der Waals surface area contributed by atoms with Crippen molar-refractivity contribution in [3.8, 4) is 5.13 Å². The summed E-state index contributed by atoms with van der Waals surface area (Å²) in [4.78, 5) is 0. The van der Waals surface area contributed by atoms with E-state index in [-0.39, 0.29) is 0 Å².